The van der Waals surface area contributed by atoms with Crippen molar-refractivity contribution in [3.8, 4) is 0 Å². The molecule has 3 saturated carbocycles. The topological polar surface area (TPSA) is 58.6 Å². The number of nitrogens with one attached hydrogen (secondary N) is 1. The molecule has 1 atom stereocenters. The first-order valence-corrected chi connectivity index (χ1v) is 16.5. The predicted molar refractivity (Wildman–Crippen MR) is 174 cm³/mol. The van der Waals surface area contributed by atoms with Crippen LogP contribution < -0.4 is 10.2 Å². The Morgan fingerprint density at radius 2 is 1.48 bits per heavy atom. The van der Waals surface area contributed by atoms with Gasteiger partial charge in [-0.15, -0.1) is 0 Å². The number of nitrogens with zero attached hydrogens (tertiary/aromatic N) is 1. The number of carbonyl (C=O) groups excluding carboxylic acids is 2. The van der Waals surface area contributed by atoms with Crippen LogP contribution in [-0.2, 0) is 20.7 Å². The highest BCUT2D eigenvalue weighted by molar-refractivity contribution is 5.95. The van der Waals surface area contributed by atoms with Gasteiger partial charge in [-0.1, -0.05) is 113 Å². The highest BCUT2D eigenvalue weighted by Crippen LogP contribution is 2.35. The quantitative estimate of drug-likeness (QED) is 0.269. The maximum atomic E-state index is 13.0. The van der Waals surface area contributed by atoms with E-state index in [1.807, 2.05) is 55.5 Å². The number of carbonyl (C=O) groups is 2. The van der Waals surface area contributed by atoms with Gasteiger partial charge in [-0.2, -0.15) is 13.2 Å². The smallest absolute Gasteiger partial charge is 0.389 e. The second kappa shape index (κ2) is 20.8. The van der Waals surface area contributed by atoms with Crippen molar-refractivity contribution in [2.45, 2.75) is 123 Å². The number of ether oxygens (including phenoxy) is 1. The number of rotatable bonds is 10. The van der Waals surface area contributed by atoms with Crippen LogP contribution in [0.2, 0.25) is 0 Å². The van der Waals surface area contributed by atoms with Crippen LogP contribution in [0.1, 0.15) is 108 Å². The largest absolute Gasteiger partial charge is 0.468 e. The fourth-order valence-corrected chi connectivity index (χ4v) is 4.87. The Balaban J connectivity index is 0.000000466. The van der Waals surface area contributed by atoms with Crippen molar-refractivity contribution in [2.75, 3.05) is 23.4 Å². The van der Waals surface area contributed by atoms with Gasteiger partial charge in [-0.25, -0.2) is 0 Å². The minimum atomic E-state index is -4.18. The minimum Gasteiger partial charge on any atom is -0.468 e. The van der Waals surface area contributed by atoms with E-state index in [4.69, 9.17) is 0 Å². The van der Waals surface area contributed by atoms with Gasteiger partial charge in [0, 0.05) is 19.0 Å². The lowest BCUT2D eigenvalue weighted by molar-refractivity contribution is -0.142. The summed E-state index contributed by atoms with van der Waals surface area (Å²) in [6.07, 6.45) is 11.0. The number of halogens is 3. The minimum absolute atomic E-state index is 0.131. The molecule has 3 aliphatic carbocycles. The van der Waals surface area contributed by atoms with Crippen LogP contribution >= 0.6 is 0 Å². The molecule has 0 radical (unpaired) electrons. The van der Waals surface area contributed by atoms with Crippen molar-refractivity contribution in [3.63, 3.8) is 0 Å². The number of para-hydroxylation sites is 2. The monoisotopic (exact) mass is 618 g/mol. The zero-order valence-corrected chi connectivity index (χ0v) is 27.0. The van der Waals surface area contributed by atoms with E-state index in [1.165, 1.54) is 44.9 Å². The fraction of sp³-hybridized carbons (Fsp3) is 0.611. The van der Waals surface area contributed by atoms with E-state index in [2.05, 4.69) is 15.0 Å². The highest BCUT2D eigenvalue weighted by Gasteiger charge is 2.32. The van der Waals surface area contributed by atoms with Gasteiger partial charge in [0.2, 0.25) is 5.91 Å². The average molecular weight is 619 g/mol. The zero-order valence-electron chi connectivity index (χ0n) is 27.0. The first-order valence-electron chi connectivity index (χ1n) is 16.5. The summed E-state index contributed by atoms with van der Waals surface area (Å²) in [5.41, 5.74) is 3.53. The predicted octanol–water partition coefficient (Wildman–Crippen LogP) is 9.81. The molecule has 1 N–H and O–H groups in total. The molecule has 0 aromatic heterocycles. The number of hydrogen-bond donors (Lipinski definition) is 1. The van der Waals surface area contributed by atoms with Gasteiger partial charge in [0.05, 0.1) is 24.4 Å². The Bertz CT molecular complexity index is 1060. The first kappa shape index (κ1) is 37.2. The molecule has 2 aromatic carbocycles. The van der Waals surface area contributed by atoms with Gasteiger partial charge >= 0.3 is 6.18 Å². The van der Waals surface area contributed by atoms with E-state index in [1.54, 1.807) is 13.8 Å². The van der Waals surface area contributed by atoms with Crippen LogP contribution in [-0.4, -0.2) is 37.7 Å². The summed E-state index contributed by atoms with van der Waals surface area (Å²) in [7, 11) is 0. The van der Waals surface area contributed by atoms with Crippen molar-refractivity contribution in [1.82, 2.24) is 0 Å². The maximum Gasteiger partial charge on any atom is 0.389 e. The van der Waals surface area contributed by atoms with Crippen LogP contribution in [0.25, 0.3) is 0 Å². The highest BCUT2D eigenvalue weighted by atomic mass is 19.4. The van der Waals surface area contributed by atoms with Crippen molar-refractivity contribution in [1.29, 1.82) is 0 Å². The Labute approximate surface area is 262 Å². The second-order valence-electron chi connectivity index (χ2n) is 12.1. The van der Waals surface area contributed by atoms with Crippen molar-refractivity contribution >= 4 is 23.8 Å². The number of aryl methyl sites for hydroxylation is 1. The molecule has 2 aromatic rings. The number of amides is 1. The van der Waals surface area contributed by atoms with Crippen LogP contribution in [0.4, 0.5) is 24.5 Å². The Morgan fingerprint density at radius 1 is 0.932 bits per heavy atom. The Morgan fingerprint density at radius 3 is 1.95 bits per heavy atom. The van der Waals surface area contributed by atoms with Gasteiger partial charge in [0.15, 0.2) is 0 Å². The number of hydrogen-bond acceptors (Lipinski definition) is 4. The molecule has 1 unspecified atom stereocenters. The van der Waals surface area contributed by atoms with Gasteiger partial charge in [0.1, 0.15) is 0 Å². The summed E-state index contributed by atoms with van der Waals surface area (Å²) >= 11 is 0. The molecule has 3 aliphatic rings. The lowest BCUT2D eigenvalue weighted by Crippen LogP contribution is -2.41. The van der Waals surface area contributed by atoms with Crippen LogP contribution in [0.3, 0.4) is 0 Å². The van der Waals surface area contributed by atoms with E-state index in [0.29, 0.717) is 25.3 Å². The van der Waals surface area contributed by atoms with Crippen molar-refractivity contribution in [2.24, 2.45) is 5.92 Å². The molecule has 5 rings (SSSR count). The second-order valence-corrected chi connectivity index (χ2v) is 12.1. The van der Waals surface area contributed by atoms with E-state index in [-0.39, 0.29) is 18.4 Å². The van der Waals surface area contributed by atoms with Crippen molar-refractivity contribution < 1.29 is 27.5 Å². The first-order chi connectivity index (χ1) is 21.1. The third-order valence-electron chi connectivity index (χ3n) is 7.66. The van der Waals surface area contributed by atoms with Crippen LogP contribution in [0.5, 0.6) is 0 Å². The maximum absolute atomic E-state index is 13.0. The van der Waals surface area contributed by atoms with Gasteiger partial charge in [-0.05, 0) is 50.3 Å². The van der Waals surface area contributed by atoms with Crippen LogP contribution in [0.15, 0.2) is 48.5 Å². The molecule has 0 saturated heterocycles. The molecule has 3 fully saturated rings. The molecule has 44 heavy (non-hydrogen) atoms. The van der Waals surface area contributed by atoms with E-state index >= 15 is 0 Å². The standard InChI is InChI=1S/C26H33F3N2O.C4H8.C3H6O2.C3H6/c1-19-12-14-21(15-13-19)16-25(32)30-23-10-6-7-11-24(23)31(22-8-4-3-5-9-22)18-20(2)17-26(27,28)29;1-2-4-3-1;1-2-5-3-4;1-2-3-1/h6-7,10-15,20,22H,3-5,8-9,16-18H2,1-2H3,(H,30,32);1-4H2;3H,2H2,1H3;1-3H2. The van der Waals surface area contributed by atoms with E-state index in [0.717, 1.165) is 48.9 Å². The fourth-order valence-electron chi connectivity index (χ4n) is 4.87. The molecular weight excluding hydrogens is 565 g/mol. The molecule has 0 heterocycles. The van der Waals surface area contributed by atoms with Crippen molar-refractivity contribution in [3.05, 3.63) is 59.7 Å². The molecule has 1 amide bonds. The van der Waals surface area contributed by atoms with Gasteiger partial charge in [-0.3, -0.25) is 9.59 Å². The van der Waals surface area contributed by atoms with Gasteiger partial charge < -0.3 is 15.0 Å². The van der Waals surface area contributed by atoms with Crippen LogP contribution in [0, 0.1) is 12.8 Å². The molecule has 246 valence electrons. The Kier molecular flexibility index (Phi) is 17.6. The molecule has 0 bridgehead atoms. The average Bonchev–Trinajstić information content (AvgIpc) is 3.83. The number of alkyl halides is 3. The number of benzene rings is 2. The summed E-state index contributed by atoms with van der Waals surface area (Å²) in [4.78, 5) is 24.0. The lowest BCUT2D eigenvalue weighted by atomic mass is 9.92. The Hall–Kier alpha value is -3.03. The summed E-state index contributed by atoms with van der Waals surface area (Å²) in [6, 6.07) is 15.5. The normalized spacial score (nSPS) is 16.1. The third kappa shape index (κ3) is 16.7. The summed E-state index contributed by atoms with van der Waals surface area (Å²) < 4.78 is 43.2. The summed E-state index contributed by atoms with van der Waals surface area (Å²) in [5, 5.41) is 3.01. The zero-order chi connectivity index (χ0) is 32.2. The summed E-state index contributed by atoms with van der Waals surface area (Å²) in [5.74, 6) is -0.665. The van der Waals surface area contributed by atoms with E-state index in [9.17, 15) is 22.8 Å². The lowest BCUT2D eigenvalue weighted by Gasteiger charge is -2.39. The molecule has 0 aliphatic heterocycles. The molecule has 5 nitrogen and oxygen atoms in total. The van der Waals surface area contributed by atoms with E-state index < -0.39 is 18.5 Å². The van der Waals surface area contributed by atoms with Gasteiger partial charge in [0.25, 0.3) is 6.47 Å². The third-order valence-corrected chi connectivity index (χ3v) is 7.66. The summed E-state index contributed by atoms with van der Waals surface area (Å²) in [6.45, 7) is 6.63. The SMILES string of the molecule is C1CC1.C1CCC1.CCOC=O.Cc1ccc(CC(=O)Nc2ccccc2N(CC(C)CC(F)(F)F)C2CCCCC2)cc1. The molecule has 8 heteroatoms. The number of anilines is 2. The molecular formula is C36H53F3N2O3. The molecule has 0 spiro atoms.